The van der Waals surface area contributed by atoms with Gasteiger partial charge in [0.05, 0.1) is 19.2 Å². The number of methoxy groups -OCH3 is 2. The zero-order valence-corrected chi connectivity index (χ0v) is 10.5. The predicted octanol–water partition coefficient (Wildman–Crippen LogP) is 1.23. The molecule has 1 amide bonds. The Labute approximate surface area is 105 Å². The van der Waals surface area contributed by atoms with Crippen molar-refractivity contribution in [3.8, 4) is 11.5 Å². The summed E-state index contributed by atoms with van der Waals surface area (Å²) in [6.45, 7) is 0. The minimum atomic E-state index is -0.556. The van der Waals surface area contributed by atoms with Gasteiger partial charge in [0.2, 0.25) is 5.91 Å². The van der Waals surface area contributed by atoms with E-state index in [1.165, 1.54) is 14.2 Å². The Morgan fingerprint density at radius 2 is 2.06 bits per heavy atom. The quantitative estimate of drug-likeness (QED) is 0.832. The molecule has 4 N–H and O–H groups in total. The van der Waals surface area contributed by atoms with Gasteiger partial charge in [-0.1, -0.05) is 17.7 Å². The highest BCUT2D eigenvalue weighted by Crippen LogP contribution is 2.39. The molecule has 6 heteroatoms. The lowest BCUT2D eigenvalue weighted by molar-refractivity contribution is -0.118. The Hall–Kier alpha value is -1.46. The molecule has 1 aromatic rings. The Bertz CT molecular complexity index is 423. The SMILES string of the molecule is COc1ccc([C@@H](N)CC(N)=O)c(Cl)c1OC. The first-order valence-corrected chi connectivity index (χ1v) is 5.33. The number of ether oxygens (including phenoxy) is 2. The van der Waals surface area contributed by atoms with Gasteiger partial charge in [0.25, 0.3) is 0 Å². The van der Waals surface area contributed by atoms with Crippen LogP contribution in [0, 0.1) is 0 Å². The van der Waals surface area contributed by atoms with Crippen LogP contribution in [0.3, 0.4) is 0 Å². The summed E-state index contributed by atoms with van der Waals surface area (Å²) in [6.07, 6.45) is 0.0230. The molecule has 17 heavy (non-hydrogen) atoms. The first kappa shape index (κ1) is 13.6. The van der Waals surface area contributed by atoms with Gasteiger partial charge in [-0.2, -0.15) is 0 Å². The Kier molecular flexibility index (Phi) is 4.60. The van der Waals surface area contributed by atoms with Gasteiger partial charge in [-0.3, -0.25) is 4.79 Å². The molecular formula is C11H15ClN2O3. The van der Waals surface area contributed by atoms with Crippen LogP contribution in [0.15, 0.2) is 12.1 Å². The summed E-state index contributed by atoms with van der Waals surface area (Å²) in [5.74, 6) is 0.419. The Balaban J connectivity index is 3.14. The van der Waals surface area contributed by atoms with Crippen molar-refractivity contribution in [2.24, 2.45) is 11.5 Å². The Morgan fingerprint density at radius 1 is 1.41 bits per heavy atom. The van der Waals surface area contributed by atoms with Crippen molar-refractivity contribution in [2.45, 2.75) is 12.5 Å². The number of hydrogen-bond donors (Lipinski definition) is 2. The Morgan fingerprint density at radius 3 is 2.53 bits per heavy atom. The number of hydrogen-bond acceptors (Lipinski definition) is 4. The lowest BCUT2D eigenvalue weighted by Gasteiger charge is -2.16. The van der Waals surface area contributed by atoms with Crippen molar-refractivity contribution in [2.75, 3.05) is 14.2 Å². The van der Waals surface area contributed by atoms with E-state index in [9.17, 15) is 4.79 Å². The average molecular weight is 259 g/mol. The number of carbonyl (C=O) groups excluding carboxylic acids is 1. The first-order valence-electron chi connectivity index (χ1n) is 4.95. The van der Waals surface area contributed by atoms with E-state index >= 15 is 0 Å². The highest BCUT2D eigenvalue weighted by atomic mass is 35.5. The summed E-state index contributed by atoms with van der Waals surface area (Å²) in [6, 6.07) is 2.82. The van der Waals surface area contributed by atoms with E-state index in [1.807, 2.05) is 0 Å². The van der Waals surface area contributed by atoms with Crippen LogP contribution in [0.25, 0.3) is 0 Å². The monoisotopic (exact) mass is 258 g/mol. The van der Waals surface area contributed by atoms with Gasteiger partial charge < -0.3 is 20.9 Å². The van der Waals surface area contributed by atoms with E-state index in [1.54, 1.807) is 12.1 Å². The first-order chi connectivity index (χ1) is 8.01. The molecule has 1 aromatic carbocycles. The van der Waals surface area contributed by atoms with Crippen LogP contribution < -0.4 is 20.9 Å². The predicted molar refractivity (Wildman–Crippen MR) is 65.3 cm³/mol. The van der Waals surface area contributed by atoms with Crippen molar-refractivity contribution in [3.63, 3.8) is 0 Å². The minimum absolute atomic E-state index is 0.0230. The van der Waals surface area contributed by atoms with Crippen molar-refractivity contribution in [1.82, 2.24) is 0 Å². The van der Waals surface area contributed by atoms with E-state index in [0.29, 0.717) is 22.1 Å². The smallest absolute Gasteiger partial charge is 0.219 e. The number of nitrogens with two attached hydrogens (primary N) is 2. The number of rotatable bonds is 5. The second-order valence-corrected chi connectivity index (χ2v) is 3.86. The molecule has 0 saturated carbocycles. The fourth-order valence-electron chi connectivity index (χ4n) is 1.52. The van der Waals surface area contributed by atoms with Gasteiger partial charge in [0, 0.05) is 12.5 Å². The van der Waals surface area contributed by atoms with Crippen LogP contribution in [0.4, 0.5) is 0 Å². The maximum Gasteiger partial charge on any atom is 0.219 e. The molecule has 0 aliphatic rings. The third-order valence-electron chi connectivity index (χ3n) is 2.34. The van der Waals surface area contributed by atoms with Crippen LogP contribution in [0.5, 0.6) is 11.5 Å². The van der Waals surface area contributed by atoms with Crippen molar-refractivity contribution in [3.05, 3.63) is 22.7 Å². The van der Waals surface area contributed by atoms with Gasteiger partial charge in [0.1, 0.15) is 0 Å². The van der Waals surface area contributed by atoms with Crippen LogP contribution in [0.1, 0.15) is 18.0 Å². The molecule has 0 aromatic heterocycles. The van der Waals surface area contributed by atoms with Gasteiger partial charge in [-0.05, 0) is 11.6 Å². The third-order valence-corrected chi connectivity index (χ3v) is 2.73. The van der Waals surface area contributed by atoms with Gasteiger partial charge in [-0.25, -0.2) is 0 Å². The standard InChI is InChI=1S/C11H15ClN2O3/c1-16-8-4-3-6(7(13)5-9(14)15)10(12)11(8)17-2/h3-4,7H,5,13H2,1-2H3,(H2,14,15)/t7-/m0/s1. The highest BCUT2D eigenvalue weighted by Gasteiger charge is 2.18. The molecule has 5 nitrogen and oxygen atoms in total. The minimum Gasteiger partial charge on any atom is -0.493 e. The van der Waals surface area contributed by atoms with E-state index in [0.717, 1.165) is 0 Å². The van der Waals surface area contributed by atoms with E-state index in [2.05, 4.69) is 0 Å². The molecule has 0 radical (unpaired) electrons. The number of carbonyl (C=O) groups is 1. The number of benzene rings is 1. The molecule has 94 valence electrons. The summed E-state index contributed by atoms with van der Waals surface area (Å²) < 4.78 is 10.2. The summed E-state index contributed by atoms with van der Waals surface area (Å²) >= 11 is 6.13. The number of halogens is 1. The summed E-state index contributed by atoms with van der Waals surface area (Å²) in [5, 5.41) is 0.334. The summed E-state index contributed by atoms with van der Waals surface area (Å²) in [7, 11) is 2.99. The van der Waals surface area contributed by atoms with Crippen LogP contribution in [-0.4, -0.2) is 20.1 Å². The number of amides is 1. The topological polar surface area (TPSA) is 87.6 Å². The molecule has 0 unspecified atom stereocenters. The van der Waals surface area contributed by atoms with Gasteiger partial charge >= 0.3 is 0 Å². The van der Waals surface area contributed by atoms with E-state index in [4.69, 9.17) is 32.5 Å². The van der Waals surface area contributed by atoms with Gasteiger partial charge in [0.15, 0.2) is 11.5 Å². The fourth-order valence-corrected chi connectivity index (χ4v) is 1.89. The largest absolute Gasteiger partial charge is 0.493 e. The normalized spacial score (nSPS) is 12.0. The van der Waals surface area contributed by atoms with Crippen LogP contribution >= 0.6 is 11.6 Å². The van der Waals surface area contributed by atoms with Crippen LogP contribution in [0.2, 0.25) is 5.02 Å². The van der Waals surface area contributed by atoms with Crippen molar-refractivity contribution < 1.29 is 14.3 Å². The summed E-state index contributed by atoms with van der Waals surface area (Å²) in [5.41, 5.74) is 11.5. The van der Waals surface area contributed by atoms with E-state index in [-0.39, 0.29) is 6.42 Å². The second-order valence-electron chi connectivity index (χ2n) is 3.48. The molecule has 1 atom stereocenters. The average Bonchev–Trinajstić information content (AvgIpc) is 2.27. The lowest BCUT2D eigenvalue weighted by atomic mass is 10.0. The van der Waals surface area contributed by atoms with Crippen LogP contribution in [-0.2, 0) is 4.79 Å². The van der Waals surface area contributed by atoms with Crippen molar-refractivity contribution in [1.29, 1.82) is 0 Å². The molecule has 0 saturated heterocycles. The maximum absolute atomic E-state index is 10.8. The zero-order chi connectivity index (χ0) is 13.0. The molecular weight excluding hydrogens is 244 g/mol. The maximum atomic E-state index is 10.8. The fraction of sp³-hybridized carbons (Fsp3) is 0.364. The molecule has 0 bridgehead atoms. The molecule has 0 heterocycles. The molecule has 0 aliphatic heterocycles. The number of primary amides is 1. The third kappa shape index (κ3) is 3.01. The molecule has 1 rings (SSSR count). The second kappa shape index (κ2) is 5.75. The molecule has 0 aliphatic carbocycles. The van der Waals surface area contributed by atoms with E-state index < -0.39 is 11.9 Å². The van der Waals surface area contributed by atoms with Gasteiger partial charge in [-0.15, -0.1) is 0 Å². The zero-order valence-electron chi connectivity index (χ0n) is 9.70. The lowest BCUT2D eigenvalue weighted by Crippen LogP contribution is -2.21. The highest BCUT2D eigenvalue weighted by molar-refractivity contribution is 6.33. The molecule has 0 fully saturated rings. The van der Waals surface area contributed by atoms with Crippen molar-refractivity contribution >= 4 is 17.5 Å². The summed E-state index contributed by atoms with van der Waals surface area (Å²) in [4.78, 5) is 10.8. The molecule has 0 spiro atoms.